The van der Waals surface area contributed by atoms with Gasteiger partial charge in [0.15, 0.2) is 0 Å². The Morgan fingerprint density at radius 2 is 2.25 bits per heavy atom. The Bertz CT molecular complexity index is 550. The number of hydrogen-bond donors (Lipinski definition) is 0. The van der Waals surface area contributed by atoms with Crippen molar-refractivity contribution in [2.45, 2.75) is 20.4 Å². The van der Waals surface area contributed by atoms with Crippen molar-refractivity contribution in [2.75, 3.05) is 0 Å². The number of aryl methyl sites for hydroxylation is 2. The first-order chi connectivity index (χ1) is 7.70. The Morgan fingerprint density at radius 1 is 1.44 bits per heavy atom. The molecule has 0 aliphatic heterocycles. The summed E-state index contributed by atoms with van der Waals surface area (Å²) in [6.07, 6.45) is 1.61. The summed E-state index contributed by atoms with van der Waals surface area (Å²) in [5, 5.41) is 13.2. The van der Waals surface area contributed by atoms with E-state index in [9.17, 15) is 0 Å². The van der Waals surface area contributed by atoms with Crippen molar-refractivity contribution in [3.8, 4) is 6.07 Å². The van der Waals surface area contributed by atoms with Crippen molar-refractivity contribution >= 4 is 0 Å². The summed E-state index contributed by atoms with van der Waals surface area (Å²) in [6, 6.07) is 5.76. The lowest BCUT2D eigenvalue weighted by Crippen LogP contribution is -2.06. The second kappa shape index (κ2) is 4.11. The standard InChI is InChI=1S/C11H11N5/c1-8-14-9(2)16(15-8)7-10-4-3-5-13-11(10)6-12/h3-5H,7H2,1-2H3. The van der Waals surface area contributed by atoms with Crippen LogP contribution in [0.15, 0.2) is 18.3 Å². The third-order valence-corrected chi connectivity index (χ3v) is 2.28. The van der Waals surface area contributed by atoms with E-state index in [2.05, 4.69) is 21.1 Å². The molecular weight excluding hydrogens is 202 g/mol. The van der Waals surface area contributed by atoms with Crippen LogP contribution >= 0.6 is 0 Å². The van der Waals surface area contributed by atoms with Gasteiger partial charge in [-0.3, -0.25) is 0 Å². The minimum Gasteiger partial charge on any atom is -0.246 e. The topological polar surface area (TPSA) is 67.4 Å². The predicted octanol–water partition coefficient (Wildman–Crippen LogP) is 1.21. The first kappa shape index (κ1) is 10.3. The predicted molar refractivity (Wildman–Crippen MR) is 57.6 cm³/mol. The minimum atomic E-state index is 0.440. The van der Waals surface area contributed by atoms with Crippen LogP contribution in [0.25, 0.3) is 0 Å². The van der Waals surface area contributed by atoms with Gasteiger partial charge in [0, 0.05) is 11.8 Å². The van der Waals surface area contributed by atoms with E-state index in [4.69, 9.17) is 5.26 Å². The van der Waals surface area contributed by atoms with E-state index in [-0.39, 0.29) is 0 Å². The molecule has 80 valence electrons. The normalized spacial score (nSPS) is 10.1. The highest BCUT2D eigenvalue weighted by atomic mass is 15.3. The molecule has 0 amide bonds. The molecule has 2 rings (SSSR count). The fourth-order valence-corrected chi connectivity index (χ4v) is 1.54. The van der Waals surface area contributed by atoms with Crippen molar-refractivity contribution in [1.29, 1.82) is 5.26 Å². The molecule has 0 atom stereocenters. The molecule has 0 fully saturated rings. The van der Waals surface area contributed by atoms with Crippen LogP contribution in [0, 0.1) is 25.2 Å². The summed E-state index contributed by atoms with van der Waals surface area (Å²) >= 11 is 0. The number of hydrogen-bond acceptors (Lipinski definition) is 4. The van der Waals surface area contributed by atoms with Gasteiger partial charge in [0.05, 0.1) is 6.54 Å². The van der Waals surface area contributed by atoms with Gasteiger partial charge in [-0.25, -0.2) is 14.6 Å². The fraction of sp³-hybridized carbons (Fsp3) is 0.273. The maximum Gasteiger partial charge on any atom is 0.147 e. The van der Waals surface area contributed by atoms with E-state index in [1.165, 1.54) is 0 Å². The van der Waals surface area contributed by atoms with Crippen LogP contribution in [0.4, 0.5) is 0 Å². The third kappa shape index (κ3) is 1.91. The molecule has 5 heteroatoms. The van der Waals surface area contributed by atoms with Crippen molar-refractivity contribution in [2.24, 2.45) is 0 Å². The molecule has 0 radical (unpaired) electrons. The second-order valence-corrected chi connectivity index (χ2v) is 3.49. The van der Waals surface area contributed by atoms with Gasteiger partial charge in [-0.05, 0) is 19.9 Å². The Balaban J connectivity index is 2.34. The van der Waals surface area contributed by atoms with Crippen LogP contribution in [0.1, 0.15) is 22.9 Å². The summed E-state index contributed by atoms with van der Waals surface area (Å²) < 4.78 is 1.77. The van der Waals surface area contributed by atoms with Crippen LogP contribution in [-0.4, -0.2) is 19.7 Å². The van der Waals surface area contributed by atoms with Crippen LogP contribution in [0.2, 0.25) is 0 Å². The highest BCUT2D eigenvalue weighted by Crippen LogP contribution is 2.07. The van der Waals surface area contributed by atoms with Gasteiger partial charge in [-0.1, -0.05) is 6.07 Å². The molecule has 16 heavy (non-hydrogen) atoms. The third-order valence-electron chi connectivity index (χ3n) is 2.28. The fourth-order valence-electron chi connectivity index (χ4n) is 1.54. The molecule has 0 aromatic carbocycles. The Labute approximate surface area is 93.4 Å². The van der Waals surface area contributed by atoms with E-state index in [1.807, 2.05) is 26.0 Å². The summed E-state index contributed by atoms with van der Waals surface area (Å²) in [4.78, 5) is 8.22. The average Bonchev–Trinajstić information content (AvgIpc) is 2.58. The van der Waals surface area contributed by atoms with E-state index in [0.717, 1.165) is 17.2 Å². The van der Waals surface area contributed by atoms with Crippen LogP contribution in [-0.2, 0) is 6.54 Å². The summed E-state index contributed by atoms with van der Waals surface area (Å²) in [6.45, 7) is 4.27. The molecule has 0 bridgehead atoms. The SMILES string of the molecule is Cc1nc(C)n(Cc2cccnc2C#N)n1. The zero-order chi connectivity index (χ0) is 11.5. The number of nitrogens with zero attached hydrogens (tertiary/aromatic N) is 5. The Hall–Kier alpha value is -2.22. The van der Waals surface area contributed by atoms with Gasteiger partial charge in [-0.15, -0.1) is 0 Å². The number of pyridine rings is 1. The second-order valence-electron chi connectivity index (χ2n) is 3.49. The van der Waals surface area contributed by atoms with E-state index < -0.39 is 0 Å². The van der Waals surface area contributed by atoms with Crippen molar-refractivity contribution in [3.63, 3.8) is 0 Å². The van der Waals surface area contributed by atoms with E-state index >= 15 is 0 Å². The minimum absolute atomic E-state index is 0.440. The molecular formula is C11H11N5. The lowest BCUT2D eigenvalue weighted by Gasteiger charge is -2.04. The molecule has 0 saturated carbocycles. The largest absolute Gasteiger partial charge is 0.246 e. The Morgan fingerprint density at radius 3 is 2.88 bits per heavy atom. The number of rotatable bonds is 2. The van der Waals surface area contributed by atoms with Crippen LogP contribution in [0.3, 0.4) is 0 Å². The molecule has 0 unspecified atom stereocenters. The number of aromatic nitrogens is 4. The van der Waals surface area contributed by atoms with Gasteiger partial charge in [0.1, 0.15) is 23.4 Å². The molecule has 2 aromatic rings. The van der Waals surface area contributed by atoms with Crippen molar-refractivity contribution in [1.82, 2.24) is 19.7 Å². The monoisotopic (exact) mass is 213 g/mol. The first-order valence-corrected chi connectivity index (χ1v) is 4.92. The van der Waals surface area contributed by atoms with Crippen molar-refractivity contribution < 1.29 is 0 Å². The average molecular weight is 213 g/mol. The van der Waals surface area contributed by atoms with Crippen molar-refractivity contribution in [3.05, 3.63) is 41.2 Å². The van der Waals surface area contributed by atoms with Gasteiger partial charge in [0.2, 0.25) is 0 Å². The number of nitriles is 1. The quantitative estimate of drug-likeness (QED) is 0.752. The summed E-state index contributed by atoms with van der Waals surface area (Å²) in [5.41, 5.74) is 1.30. The smallest absolute Gasteiger partial charge is 0.147 e. The molecule has 5 nitrogen and oxygen atoms in total. The lowest BCUT2D eigenvalue weighted by atomic mass is 10.2. The summed E-state index contributed by atoms with van der Waals surface area (Å²) in [5.74, 6) is 1.57. The van der Waals surface area contributed by atoms with Gasteiger partial charge < -0.3 is 0 Å². The highest BCUT2D eigenvalue weighted by Gasteiger charge is 2.07. The maximum atomic E-state index is 8.91. The van der Waals surface area contributed by atoms with Crippen LogP contribution < -0.4 is 0 Å². The molecule has 0 aliphatic rings. The summed E-state index contributed by atoms with van der Waals surface area (Å²) in [7, 11) is 0. The van der Waals surface area contributed by atoms with Gasteiger partial charge in [0.25, 0.3) is 0 Å². The molecule has 2 aromatic heterocycles. The first-order valence-electron chi connectivity index (χ1n) is 4.92. The zero-order valence-electron chi connectivity index (χ0n) is 9.18. The Kier molecular flexibility index (Phi) is 2.64. The van der Waals surface area contributed by atoms with Gasteiger partial charge >= 0.3 is 0 Å². The van der Waals surface area contributed by atoms with Gasteiger partial charge in [-0.2, -0.15) is 10.4 Å². The van der Waals surface area contributed by atoms with E-state index in [0.29, 0.717) is 12.2 Å². The lowest BCUT2D eigenvalue weighted by molar-refractivity contribution is 0.653. The maximum absolute atomic E-state index is 8.91. The highest BCUT2D eigenvalue weighted by molar-refractivity contribution is 5.30. The molecule has 0 aliphatic carbocycles. The zero-order valence-corrected chi connectivity index (χ0v) is 9.18. The van der Waals surface area contributed by atoms with Crippen LogP contribution in [0.5, 0.6) is 0 Å². The molecule has 0 saturated heterocycles. The molecule has 0 spiro atoms. The molecule has 2 heterocycles. The molecule has 0 N–H and O–H groups in total. The van der Waals surface area contributed by atoms with E-state index in [1.54, 1.807) is 10.9 Å².